The lowest BCUT2D eigenvalue weighted by molar-refractivity contribution is 0.141. The topological polar surface area (TPSA) is 9.23 Å². The Bertz CT molecular complexity index is 249. The van der Waals surface area contributed by atoms with Gasteiger partial charge in [0.1, 0.15) is 8.07 Å². The zero-order chi connectivity index (χ0) is 13.9. The van der Waals surface area contributed by atoms with Crippen LogP contribution in [0.3, 0.4) is 0 Å². The Labute approximate surface area is 119 Å². The zero-order valence-corrected chi connectivity index (χ0v) is 14.7. The number of rotatable bonds is 9. The van der Waals surface area contributed by atoms with Gasteiger partial charge in [0.25, 0.3) is 0 Å². The van der Waals surface area contributed by atoms with Crippen LogP contribution in [0.15, 0.2) is 0 Å². The molecular formula is C15H30OSSi. The van der Waals surface area contributed by atoms with Gasteiger partial charge >= 0.3 is 0 Å². The average molecular weight is 287 g/mol. The predicted molar refractivity (Wildman–Crippen MR) is 87.8 cm³/mol. The van der Waals surface area contributed by atoms with Crippen molar-refractivity contribution in [2.45, 2.75) is 70.5 Å². The normalized spacial score (nSPS) is 12.9. The first-order valence-corrected chi connectivity index (χ1v) is 12.0. The van der Waals surface area contributed by atoms with Crippen molar-refractivity contribution in [3.63, 3.8) is 0 Å². The van der Waals surface area contributed by atoms with Crippen LogP contribution in [-0.2, 0) is 4.74 Å². The van der Waals surface area contributed by atoms with Gasteiger partial charge in [-0.2, -0.15) is 0 Å². The highest BCUT2D eigenvalue weighted by Gasteiger charge is 2.09. The molecule has 0 aromatic carbocycles. The summed E-state index contributed by atoms with van der Waals surface area (Å²) in [5, 5.41) is 0. The summed E-state index contributed by atoms with van der Waals surface area (Å²) < 4.78 is 5.80. The third kappa shape index (κ3) is 12.5. The van der Waals surface area contributed by atoms with Crippen molar-refractivity contribution in [2.75, 3.05) is 12.9 Å². The molecule has 0 N–H and O–H groups in total. The smallest absolute Gasteiger partial charge is 0.163 e. The maximum absolute atomic E-state index is 5.80. The summed E-state index contributed by atoms with van der Waals surface area (Å²) in [5.41, 5.74) is 3.46. The van der Waals surface area contributed by atoms with E-state index in [1.165, 1.54) is 38.5 Å². The fourth-order valence-electron chi connectivity index (χ4n) is 1.52. The van der Waals surface area contributed by atoms with Gasteiger partial charge in [0.2, 0.25) is 0 Å². The minimum atomic E-state index is -1.26. The summed E-state index contributed by atoms with van der Waals surface area (Å²) in [7, 11) is -1.26. The summed E-state index contributed by atoms with van der Waals surface area (Å²) in [6, 6.07) is 0. The Morgan fingerprint density at radius 2 is 1.67 bits per heavy atom. The van der Waals surface area contributed by atoms with E-state index in [0.717, 1.165) is 6.61 Å². The second kappa shape index (κ2) is 11.0. The van der Waals surface area contributed by atoms with Crippen molar-refractivity contribution in [2.24, 2.45) is 0 Å². The first-order valence-electron chi connectivity index (χ1n) is 7.16. The van der Waals surface area contributed by atoms with Crippen LogP contribution in [0, 0.1) is 11.5 Å². The first kappa shape index (κ1) is 18.1. The second-order valence-electron chi connectivity index (χ2n) is 5.73. The molecule has 18 heavy (non-hydrogen) atoms. The zero-order valence-electron chi connectivity index (χ0n) is 12.8. The molecular weight excluding hydrogens is 256 g/mol. The fourth-order valence-corrected chi connectivity index (χ4v) is 2.59. The molecule has 0 heterocycles. The molecule has 0 aliphatic carbocycles. The van der Waals surface area contributed by atoms with Gasteiger partial charge in [-0.25, -0.2) is 0 Å². The summed E-state index contributed by atoms with van der Waals surface area (Å²) in [6.45, 7) is 9.92. The number of hydrogen-bond acceptors (Lipinski definition) is 2. The lowest BCUT2D eigenvalue weighted by Gasteiger charge is -2.11. The molecule has 106 valence electrons. The van der Waals surface area contributed by atoms with Crippen molar-refractivity contribution >= 4 is 19.8 Å². The van der Waals surface area contributed by atoms with E-state index in [1.807, 2.05) is 0 Å². The highest BCUT2D eigenvalue weighted by molar-refractivity contribution is 7.99. The molecule has 0 aromatic rings. The lowest BCUT2D eigenvalue weighted by Crippen LogP contribution is -2.18. The summed E-state index contributed by atoms with van der Waals surface area (Å²) in [4.78, 5) is 0. The Morgan fingerprint density at radius 1 is 1.06 bits per heavy atom. The van der Waals surface area contributed by atoms with Crippen LogP contribution in [0.25, 0.3) is 0 Å². The van der Waals surface area contributed by atoms with Gasteiger partial charge in [0.05, 0.1) is 0 Å². The van der Waals surface area contributed by atoms with Crippen molar-refractivity contribution in [1.82, 2.24) is 0 Å². The first-order chi connectivity index (χ1) is 8.49. The molecule has 0 aliphatic rings. The van der Waals surface area contributed by atoms with Crippen LogP contribution in [0.1, 0.15) is 45.4 Å². The third-order valence-corrected chi connectivity index (χ3v) is 4.12. The fraction of sp³-hybridized carbons (Fsp3) is 0.867. The van der Waals surface area contributed by atoms with E-state index in [1.54, 1.807) is 11.8 Å². The minimum Gasteiger partial charge on any atom is -0.356 e. The average Bonchev–Trinajstić information content (AvgIpc) is 2.30. The molecule has 1 unspecified atom stereocenters. The second-order valence-corrected chi connectivity index (χ2v) is 11.4. The summed E-state index contributed by atoms with van der Waals surface area (Å²) in [6.07, 6.45) is 9.95. The largest absolute Gasteiger partial charge is 0.356 e. The predicted octanol–water partition coefficient (Wildman–Crippen LogP) is 4.93. The van der Waals surface area contributed by atoms with Gasteiger partial charge in [0, 0.05) is 6.61 Å². The Morgan fingerprint density at radius 3 is 2.22 bits per heavy atom. The molecule has 0 fully saturated rings. The quantitative estimate of drug-likeness (QED) is 0.257. The van der Waals surface area contributed by atoms with Crippen LogP contribution in [-0.4, -0.2) is 26.4 Å². The molecule has 0 aliphatic heterocycles. The van der Waals surface area contributed by atoms with Crippen molar-refractivity contribution in [1.29, 1.82) is 0 Å². The number of ether oxygens (including phenoxy) is 1. The standard InChI is InChI=1S/C15H30OSSi/c1-6-7-8-9-10-11-13-16-15(17-2)12-14-18(3,4)5/h15H,6-11,13H2,1-5H3. The number of hydrogen-bond donors (Lipinski definition) is 0. The van der Waals surface area contributed by atoms with Crippen molar-refractivity contribution < 1.29 is 4.74 Å². The van der Waals surface area contributed by atoms with E-state index < -0.39 is 8.07 Å². The van der Waals surface area contributed by atoms with E-state index in [0.29, 0.717) is 0 Å². The van der Waals surface area contributed by atoms with Gasteiger partial charge in [0.15, 0.2) is 5.44 Å². The van der Waals surface area contributed by atoms with Crippen molar-refractivity contribution in [3.8, 4) is 11.5 Å². The molecule has 0 bridgehead atoms. The van der Waals surface area contributed by atoms with E-state index in [-0.39, 0.29) is 5.44 Å². The number of unbranched alkanes of at least 4 members (excludes halogenated alkanes) is 5. The highest BCUT2D eigenvalue weighted by atomic mass is 32.2. The molecule has 0 saturated carbocycles. The summed E-state index contributed by atoms with van der Waals surface area (Å²) >= 11 is 1.71. The molecule has 0 rings (SSSR count). The van der Waals surface area contributed by atoms with Crippen LogP contribution >= 0.6 is 11.8 Å². The molecule has 0 aromatic heterocycles. The van der Waals surface area contributed by atoms with Gasteiger partial charge in [-0.1, -0.05) is 64.6 Å². The van der Waals surface area contributed by atoms with E-state index in [2.05, 4.69) is 44.3 Å². The van der Waals surface area contributed by atoms with Gasteiger partial charge in [-0.05, 0) is 12.7 Å². The highest BCUT2D eigenvalue weighted by Crippen LogP contribution is 2.10. The molecule has 0 amide bonds. The van der Waals surface area contributed by atoms with E-state index in [4.69, 9.17) is 4.74 Å². The van der Waals surface area contributed by atoms with Gasteiger partial charge < -0.3 is 4.74 Å². The Balaban J connectivity index is 3.65. The Kier molecular flexibility index (Phi) is 11.0. The van der Waals surface area contributed by atoms with Crippen LogP contribution < -0.4 is 0 Å². The Hall–Kier alpha value is 0.0869. The van der Waals surface area contributed by atoms with Crippen LogP contribution in [0.5, 0.6) is 0 Å². The SMILES string of the molecule is CCCCCCCCOC(C#C[Si](C)(C)C)SC. The number of thioether (sulfide) groups is 1. The summed E-state index contributed by atoms with van der Waals surface area (Å²) in [5.74, 6) is 3.27. The van der Waals surface area contributed by atoms with Gasteiger partial charge in [-0.15, -0.1) is 17.3 Å². The van der Waals surface area contributed by atoms with Crippen LogP contribution in [0.4, 0.5) is 0 Å². The molecule has 0 saturated heterocycles. The molecule has 0 spiro atoms. The van der Waals surface area contributed by atoms with Crippen LogP contribution in [0.2, 0.25) is 19.6 Å². The molecule has 0 radical (unpaired) electrons. The maximum atomic E-state index is 5.80. The lowest BCUT2D eigenvalue weighted by atomic mass is 10.1. The van der Waals surface area contributed by atoms with E-state index in [9.17, 15) is 0 Å². The van der Waals surface area contributed by atoms with Gasteiger partial charge in [-0.3, -0.25) is 0 Å². The molecule has 1 nitrogen and oxygen atoms in total. The monoisotopic (exact) mass is 286 g/mol. The maximum Gasteiger partial charge on any atom is 0.163 e. The minimum absolute atomic E-state index is 0.0763. The van der Waals surface area contributed by atoms with E-state index >= 15 is 0 Å². The third-order valence-electron chi connectivity index (χ3n) is 2.55. The van der Waals surface area contributed by atoms with Crippen molar-refractivity contribution in [3.05, 3.63) is 0 Å². The molecule has 3 heteroatoms. The molecule has 1 atom stereocenters.